The van der Waals surface area contributed by atoms with E-state index in [1.54, 1.807) is 24.3 Å². The molecule has 0 bridgehead atoms. The first kappa shape index (κ1) is 16.1. The van der Waals surface area contributed by atoms with Gasteiger partial charge in [-0.05, 0) is 26.0 Å². The Morgan fingerprint density at radius 2 is 1.83 bits per heavy atom. The largest absolute Gasteiger partial charge is 0.328 e. The fraction of sp³-hybridized carbons (Fsp3) is 0.500. The van der Waals surface area contributed by atoms with Gasteiger partial charge in [0.1, 0.15) is 0 Å². The van der Waals surface area contributed by atoms with E-state index >= 15 is 0 Å². The summed E-state index contributed by atoms with van der Waals surface area (Å²) in [5.74, 6) is 1.29. The smallest absolute Gasteiger partial charge is 0.307 e. The molecule has 6 nitrogen and oxygen atoms in total. The minimum Gasteiger partial charge on any atom is -0.307 e. The number of nitrogens with zero attached hydrogens (tertiary/aromatic N) is 2. The van der Waals surface area contributed by atoms with Gasteiger partial charge in [0.25, 0.3) is 5.56 Å². The van der Waals surface area contributed by atoms with E-state index < -0.39 is 10.8 Å². The van der Waals surface area contributed by atoms with Gasteiger partial charge >= 0.3 is 5.69 Å². The van der Waals surface area contributed by atoms with E-state index in [-0.39, 0.29) is 16.8 Å². The number of benzene rings is 1. The van der Waals surface area contributed by atoms with Crippen LogP contribution in [-0.4, -0.2) is 48.8 Å². The van der Waals surface area contributed by atoms with Crippen molar-refractivity contribution >= 4 is 21.7 Å². The molecular formula is C16H21N3O3S. The molecule has 0 spiro atoms. The highest BCUT2D eigenvalue weighted by molar-refractivity contribution is 7.85. The van der Waals surface area contributed by atoms with Crippen LogP contribution in [0.1, 0.15) is 13.8 Å². The number of aromatic nitrogens is 2. The third-order valence-electron chi connectivity index (χ3n) is 4.47. The SMILES string of the molecule is CC(C)(Cn1c(=O)[nH]c2ccccc2c1=O)N1CCS(=O)CC1. The van der Waals surface area contributed by atoms with Crippen LogP contribution < -0.4 is 11.2 Å². The molecule has 1 aromatic carbocycles. The van der Waals surface area contributed by atoms with Gasteiger partial charge in [0.15, 0.2) is 0 Å². The lowest BCUT2D eigenvalue weighted by molar-refractivity contribution is 0.112. The molecule has 0 aliphatic carbocycles. The van der Waals surface area contributed by atoms with Crippen LogP contribution >= 0.6 is 0 Å². The molecule has 0 atom stereocenters. The molecule has 1 saturated heterocycles. The zero-order valence-corrected chi connectivity index (χ0v) is 14.2. The van der Waals surface area contributed by atoms with Gasteiger partial charge in [-0.25, -0.2) is 4.79 Å². The van der Waals surface area contributed by atoms with E-state index in [0.29, 0.717) is 29.0 Å². The number of H-pyrrole nitrogens is 1. The van der Waals surface area contributed by atoms with E-state index in [4.69, 9.17) is 0 Å². The van der Waals surface area contributed by atoms with Gasteiger partial charge in [0.2, 0.25) is 0 Å². The van der Waals surface area contributed by atoms with Crippen molar-refractivity contribution in [3.05, 3.63) is 45.1 Å². The van der Waals surface area contributed by atoms with Gasteiger partial charge in [-0.1, -0.05) is 12.1 Å². The van der Waals surface area contributed by atoms with Gasteiger partial charge in [0, 0.05) is 47.5 Å². The highest BCUT2D eigenvalue weighted by atomic mass is 32.2. The maximum absolute atomic E-state index is 12.6. The number of hydrogen-bond donors (Lipinski definition) is 1. The first-order valence-corrected chi connectivity index (χ1v) is 9.19. The lowest BCUT2D eigenvalue weighted by Gasteiger charge is -2.40. The lowest BCUT2D eigenvalue weighted by atomic mass is 10.0. The minimum absolute atomic E-state index is 0.266. The van der Waals surface area contributed by atoms with Crippen LogP contribution in [0.15, 0.2) is 33.9 Å². The average molecular weight is 335 g/mol. The zero-order chi connectivity index (χ0) is 16.6. The number of para-hydroxylation sites is 1. The van der Waals surface area contributed by atoms with Crippen LogP contribution in [0.5, 0.6) is 0 Å². The van der Waals surface area contributed by atoms with E-state index in [1.165, 1.54) is 4.57 Å². The molecule has 124 valence electrons. The highest BCUT2D eigenvalue weighted by Crippen LogP contribution is 2.18. The topological polar surface area (TPSA) is 75.2 Å². The standard InChI is InChI=1S/C16H21N3O3S/c1-16(2,18-7-9-23(22)10-8-18)11-19-14(20)12-5-3-4-6-13(12)17-15(19)21/h3-6H,7-11H2,1-2H3,(H,17,21). The zero-order valence-electron chi connectivity index (χ0n) is 13.4. The number of nitrogens with one attached hydrogen (secondary N) is 1. The molecule has 2 aromatic rings. The van der Waals surface area contributed by atoms with Crippen molar-refractivity contribution in [1.82, 2.24) is 14.5 Å². The summed E-state index contributed by atoms with van der Waals surface area (Å²) < 4.78 is 12.8. The van der Waals surface area contributed by atoms with Crippen LogP contribution in [0.3, 0.4) is 0 Å². The first-order chi connectivity index (χ1) is 10.9. The van der Waals surface area contributed by atoms with Crippen LogP contribution in [-0.2, 0) is 17.3 Å². The fourth-order valence-electron chi connectivity index (χ4n) is 3.07. The summed E-state index contributed by atoms with van der Waals surface area (Å²) in [7, 11) is -0.748. The molecule has 23 heavy (non-hydrogen) atoms. The van der Waals surface area contributed by atoms with Crippen LogP contribution in [0, 0.1) is 0 Å². The predicted molar refractivity (Wildman–Crippen MR) is 92.4 cm³/mol. The van der Waals surface area contributed by atoms with Gasteiger partial charge in [0.05, 0.1) is 10.9 Å². The van der Waals surface area contributed by atoms with Crippen LogP contribution in [0.2, 0.25) is 0 Å². The fourth-order valence-corrected chi connectivity index (χ4v) is 4.12. The molecule has 3 rings (SSSR count). The third-order valence-corrected chi connectivity index (χ3v) is 5.74. The van der Waals surface area contributed by atoms with Crippen LogP contribution in [0.4, 0.5) is 0 Å². The van der Waals surface area contributed by atoms with Crippen molar-refractivity contribution < 1.29 is 4.21 Å². The van der Waals surface area contributed by atoms with Crippen molar-refractivity contribution in [3.8, 4) is 0 Å². The number of rotatable bonds is 3. The monoisotopic (exact) mass is 335 g/mol. The predicted octanol–water partition coefficient (Wildman–Crippen LogP) is 0.533. The van der Waals surface area contributed by atoms with Gasteiger partial charge in [-0.3, -0.25) is 18.5 Å². The Morgan fingerprint density at radius 3 is 2.52 bits per heavy atom. The molecule has 0 amide bonds. The normalized spacial score (nSPS) is 17.7. The van der Waals surface area contributed by atoms with E-state index in [0.717, 1.165) is 13.1 Å². The first-order valence-electron chi connectivity index (χ1n) is 7.70. The average Bonchev–Trinajstić information content (AvgIpc) is 2.52. The summed E-state index contributed by atoms with van der Waals surface area (Å²) in [4.78, 5) is 29.9. The van der Waals surface area contributed by atoms with Crippen molar-refractivity contribution in [3.63, 3.8) is 0 Å². The third kappa shape index (κ3) is 3.16. The summed E-state index contributed by atoms with van der Waals surface area (Å²) in [5.41, 5.74) is -0.450. The molecule has 1 N–H and O–H groups in total. The van der Waals surface area contributed by atoms with Crippen LogP contribution in [0.25, 0.3) is 10.9 Å². The van der Waals surface area contributed by atoms with Crippen molar-refractivity contribution in [1.29, 1.82) is 0 Å². The Bertz CT molecular complexity index is 859. The molecule has 1 aliphatic heterocycles. The van der Waals surface area contributed by atoms with Crippen molar-refractivity contribution in [2.75, 3.05) is 24.6 Å². The molecule has 1 aromatic heterocycles. The quantitative estimate of drug-likeness (QED) is 0.888. The van der Waals surface area contributed by atoms with E-state index in [2.05, 4.69) is 9.88 Å². The lowest BCUT2D eigenvalue weighted by Crippen LogP contribution is -2.55. The van der Waals surface area contributed by atoms with E-state index in [1.807, 2.05) is 13.8 Å². The van der Waals surface area contributed by atoms with Crippen molar-refractivity contribution in [2.45, 2.75) is 25.9 Å². The Labute approximate surface area is 136 Å². The maximum Gasteiger partial charge on any atom is 0.328 e. The number of aromatic amines is 1. The second-order valence-electron chi connectivity index (χ2n) is 6.51. The Hall–Kier alpha value is -1.73. The Kier molecular flexibility index (Phi) is 4.25. The van der Waals surface area contributed by atoms with Gasteiger partial charge in [-0.2, -0.15) is 0 Å². The summed E-state index contributed by atoms with van der Waals surface area (Å²) in [6.07, 6.45) is 0. The summed E-state index contributed by atoms with van der Waals surface area (Å²) in [6.45, 7) is 5.78. The maximum atomic E-state index is 12.6. The summed E-state index contributed by atoms with van der Waals surface area (Å²) in [5, 5.41) is 0.516. The van der Waals surface area contributed by atoms with E-state index in [9.17, 15) is 13.8 Å². The van der Waals surface area contributed by atoms with Gasteiger partial charge < -0.3 is 4.98 Å². The molecule has 7 heteroatoms. The molecule has 1 fully saturated rings. The summed E-state index contributed by atoms with van der Waals surface area (Å²) >= 11 is 0. The summed E-state index contributed by atoms with van der Waals surface area (Å²) in [6, 6.07) is 7.03. The second-order valence-corrected chi connectivity index (χ2v) is 8.21. The second kappa shape index (κ2) is 6.05. The number of fused-ring (bicyclic) bond motifs is 1. The molecule has 0 saturated carbocycles. The molecule has 0 unspecified atom stereocenters. The Balaban J connectivity index is 1.96. The highest BCUT2D eigenvalue weighted by Gasteiger charge is 2.31. The molecule has 0 radical (unpaired) electrons. The minimum atomic E-state index is -0.748. The number of hydrogen-bond acceptors (Lipinski definition) is 4. The van der Waals surface area contributed by atoms with Crippen molar-refractivity contribution in [2.24, 2.45) is 0 Å². The molecule has 2 heterocycles. The Morgan fingerprint density at radius 1 is 1.17 bits per heavy atom. The molecular weight excluding hydrogens is 314 g/mol. The van der Waals surface area contributed by atoms with Gasteiger partial charge in [-0.15, -0.1) is 0 Å². The molecule has 1 aliphatic rings.